The Morgan fingerprint density at radius 3 is 2.46 bits per heavy atom. The van der Waals surface area contributed by atoms with E-state index in [0.29, 0.717) is 22.0 Å². The number of rotatable bonds is 4. The van der Waals surface area contributed by atoms with Gasteiger partial charge in [0.15, 0.2) is 0 Å². The van der Waals surface area contributed by atoms with Crippen LogP contribution >= 0.6 is 11.3 Å². The van der Waals surface area contributed by atoms with Gasteiger partial charge in [0.05, 0.1) is 5.56 Å². The van der Waals surface area contributed by atoms with Crippen LogP contribution in [-0.4, -0.2) is 33.0 Å². The summed E-state index contributed by atoms with van der Waals surface area (Å²) in [5.74, 6) is 0.295. The molecule has 3 rings (SSSR count). The minimum Gasteiger partial charge on any atom is -0.378 e. The minimum atomic E-state index is -0.188. The topological polar surface area (TPSA) is 61.4 Å². The Kier molecular flexibility index (Phi) is 5.32. The molecule has 1 aliphatic carbocycles. The van der Waals surface area contributed by atoms with Crippen LogP contribution in [0.15, 0.2) is 24.3 Å². The van der Waals surface area contributed by atoms with E-state index in [0.717, 1.165) is 30.5 Å². The second kappa shape index (κ2) is 7.50. The van der Waals surface area contributed by atoms with Crippen LogP contribution in [0.1, 0.15) is 44.5 Å². The Labute approximate surface area is 158 Å². The predicted molar refractivity (Wildman–Crippen MR) is 108 cm³/mol. The van der Waals surface area contributed by atoms with E-state index in [1.54, 1.807) is 19.2 Å². The van der Waals surface area contributed by atoms with E-state index in [9.17, 15) is 9.59 Å². The van der Waals surface area contributed by atoms with Gasteiger partial charge < -0.3 is 15.5 Å². The third kappa shape index (κ3) is 3.60. The van der Waals surface area contributed by atoms with Crippen LogP contribution in [-0.2, 0) is 12.8 Å². The number of nitrogens with one attached hydrogen (secondary N) is 2. The Hall–Kier alpha value is -2.34. The second-order valence-electron chi connectivity index (χ2n) is 7.03. The molecule has 5 nitrogen and oxygen atoms in total. The summed E-state index contributed by atoms with van der Waals surface area (Å²) in [6.45, 7) is 2.23. The highest BCUT2D eigenvalue weighted by Crippen LogP contribution is 2.39. The predicted octanol–water partition coefficient (Wildman–Crippen LogP) is 3.55. The number of anilines is 2. The standard InChI is InChI=1S/C20H25N3O2S/c1-12-5-10-15-16(11-12)26-20(17(15)19(25)21-2)22-18(24)13-6-8-14(9-7-13)23(3)4/h6-9,12H,5,10-11H2,1-4H3,(H,21,25)(H,22,24)/t12-/m1/s1. The summed E-state index contributed by atoms with van der Waals surface area (Å²) in [5.41, 5.74) is 3.36. The average molecular weight is 372 g/mol. The molecule has 1 aromatic heterocycles. The van der Waals surface area contributed by atoms with E-state index in [4.69, 9.17) is 0 Å². The third-order valence-electron chi connectivity index (χ3n) is 4.84. The molecule has 0 aliphatic heterocycles. The summed E-state index contributed by atoms with van der Waals surface area (Å²) in [6, 6.07) is 7.44. The van der Waals surface area contributed by atoms with Crippen LogP contribution in [0.3, 0.4) is 0 Å². The van der Waals surface area contributed by atoms with Crippen LogP contribution < -0.4 is 15.5 Å². The zero-order valence-electron chi connectivity index (χ0n) is 15.7. The molecular formula is C20H25N3O2S. The van der Waals surface area contributed by atoms with Crippen molar-refractivity contribution in [1.82, 2.24) is 5.32 Å². The van der Waals surface area contributed by atoms with Crippen molar-refractivity contribution < 1.29 is 9.59 Å². The summed E-state index contributed by atoms with van der Waals surface area (Å²) in [6.07, 6.45) is 2.94. The highest BCUT2D eigenvalue weighted by atomic mass is 32.1. The number of carbonyl (C=O) groups is 2. The molecule has 2 amide bonds. The van der Waals surface area contributed by atoms with E-state index >= 15 is 0 Å². The lowest BCUT2D eigenvalue weighted by molar-refractivity contribution is 0.0963. The summed E-state index contributed by atoms with van der Waals surface area (Å²) in [4.78, 5) is 28.3. The molecular weight excluding hydrogens is 346 g/mol. The number of carbonyl (C=O) groups excluding carboxylic acids is 2. The monoisotopic (exact) mass is 371 g/mol. The van der Waals surface area contributed by atoms with Gasteiger partial charge in [-0.15, -0.1) is 11.3 Å². The largest absolute Gasteiger partial charge is 0.378 e. The first-order valence-electron chi connectivity index (χ1n) is 8.86. The Balaban J connectivity index is 1.89. The SMILES string of the molecule is CNC(=O)c1c(NC(=O)c2ccc(N(C)C)cc2)sc2c1CC[C@@H](C)C2. The number of hydrogen-bond acceptors (Lipinski definition) is 4. The number of amides is 2. The lowest BCUT2D eigenvalue weighted by atomic mass is 9.88. The lowest BCUT2D eigenvalue weighted by Gasteiger charge is -2.18. The lowest BCUT2D eigenvalue weighted by Crippen LogP contribution is -2.22. The smallest absolute Gasteiger partial charge is 0.256 e. The third-order valence-corrected chi connectivity index (χ3v) is 6.01. The van der Waals surface area contributed by atoms with Crippen molar-refractivity contribution in [1.29, 1.82) is 0 Å². The average Bonchev–Trinajstić information content (AvgIpc) is 2.97. The van der Waals surface area contributed by atoms with Crippen molar-refractivity contribution in [2.24, 2.45) is 5.92 Å². The second-order valence-corrected chi connectivity index (χ2v) is 8.14. The van der Waals surface area contributed by atoms with Crippen LogP contribution in [0.2, 0.25) is 0 Å². The van der Waals surface area contributed by atoms with E-state index in [-0.39, 0.29) is 11.8 Å². The number of thiophene rings is 1. The van der Waals surface area contributed by atoms with E-state index in [1.165, 1.54) is 16.2 Å². The van der Waals surface area contributed by atoms with Crippen molar-refractivity contribution >= 4 is 33.8 Å². The van der Waals surface area contributed by atoms with Gasteiger partial charge in [-0.25, -0.2) is 0 Å². The Bertz CT molecular complexity index is 824. The van der Waals surface area contributed by atoms with Gasteiger partial charge in [-0.05, 0) is 55.0 Å². The summed E-state index contributed by atoms with van der Waals surface area (Å²) in [7, 11) is 5.55. The van der Waals surface area contributed by atoms with Gasteiger partial charge in [0.1, 0.15) is 5.00 Å². The zero-order chi connectivity index (χ0) is 18.8. The molecule has 2 aromatic rings. The van der Waals surface area contributed by atoms with E-state index < -0.39 is 0 Å². The number of hydrogen-bond donors (Lipinski definition) is 2. The van der Waals surface area contributed by atoms with Crippen LogP contribution in [0.4, 0.5) is 10.7 Å². The summed E-state index contributed by atoms with van der Waals surface area (Å²) >= 11 is 1.54. The molecule has 0 saturated heterocycles. The molecule has 0 saturated carbocycles. The van der Waals surface area contributed by atoms with Crippen LogP contribution in [0.25, 0.3) is 0 Å². The Morgan fingerprint density at radius 2 is 1.85 bits per heavy atom. The van der Waals surface area contributed by atoms with Gasteiger partial charge in [-0.2, -0.15) is 0 Å². The summed E-state index contributed by atoms with van der Waals surface area (Å²) < 4.78 is 0. The fraction of sp³-hybridized carbons (Fsp3) is 0.400. The molecule has 1 aromatic carbocycles. The van der Waals surface area contributed by atoms with Gasteiger partial charge in [0.25, 0.3) is 11.8 Å². The van der Waals surface area contributed by atoms with Crippen molar-refractivity contribution in [2.75, 3.05) is 31.4 Å². The molecule has 2 N–H and O–H groups in total. The van der Waals surface area contributed by atoms with Crippen LogP contribution in [0.5, 0.6) is 0 Å². The van der Waals surface area contributed by atoms with E-state index in [1.807, 2.05) is 31.1 Å². The molecule has 0 unspecified atom stereocenters. The first-order chi connectivity index (χ1) is 12.4. The zero-order valence-corrected chi connectivity index (χ0v) is 16.5. The first kappa shape index (κ1) is 18.5. The van der Waals surface area contributed by atoms with Gasteiger partial charge in [-0.3, -0.25) is 9.59 Å². The molecule has 0 radical (unpaired) electrons. The molecule has 1 atom stereocenters. The molecule has 6 heteroatoms. The maximum atomic E-state index is 12.7. The van der Waals surface area contributed by atoms with Gasteiger partial charge in [0.2, 0.25) is 0 Å². The van der Waals surface area contributed by atoms with Crippen LogP contribution in [0, 0.1) is 5.92 Å². The summed E-state index contributed by atoms with van der Waals surface area (Å²) in [5, 5.41) is 6.34. The maximum Gasteiger partial charge on any atom is 0.256 e. The normalized spacial score (nSPS) is 15.9. The van der Waals surface area contributed by atoms with Crippen molar-refractivity contribution in [3.05, 3.63) is 45.8 Å². The van der Waals surface area contributed by atoms with Crippen molar-refractivity contribution in [3.8, 4) is 0 Å². The van der Waals surface area contributed by atoms with Gasteiger partial charge in [-0.1, -0.05) is 6.92 Å². The quantitative estimate of drug-likeness (QED) is 0.864. The molecule has 1 heterocycles. The number of benzene rings is 1. The van der Waals surface area contributed by atoms with E-state index in [2.05, 4.69) is 17.6 Å². The molecule has 0 bridgehead atoms. The highest BCUT2D eigenvalue weighted by molar-refractivity contribution is 7.17. The Morgan fingerprint density at radius 1 is 1.15 bits per heavy atom. The minimum absolute atomic E-state index is 0.129. The van der Waals surface area contributed by atoms with Crippen molar-refractivity contribution in [3.63, 3.8) is 0 Å². The first-order valence-corrected chi connectivity index (χ1v) is 9.67. The molecule has 26 heavy (non-hydrogen) atoms. The molecule has 138 valence electrons. The maximum absolute atomic E-state index is 12.7. The van der Waals surface area contributed by atoms with Crippen molar-refractivity contribution in [2.45, 2.75) is 26.2 Å². The molecule has 1 aliphatic rings. The fourth-order valence-corrected chi connectivity index (χ4v) is 4.69. The van der Waals surface area contributed by atoms with Gasteiger partial charge in [0, 0.05) is 37.3 Å². The fourth-order valence-electron chi connectivity index (χ4n) is 3.29. The number of nitrogens with zero attached hydrogens (tertiary/aromatic N) is 1. The number of fused-ring (bicyclic) bond motifs is 1. The van der Waals surface area contributed by atoms with Gasteiger partial charge >= 0.3 is 0 Å². The highest BCUT2D eigenvalue weighted by Gasteiger charge is 2.28. The molecule has 0 fully saturated rings. The molecule has 0 spiro atoms.